The molecule has 4 aromatic rings. The number of H-pyrrole nitrogens is 1. The van der Waals surface area contributed by atoms with Gasteiger partial charge in [0.2, 0.25) is 0 Å². The monoisotopic (exact) mass is 572 g/mol. The summed E-state index contributed by atoms with van der Waals surface area (Å²) in [5, 5.41) is 13.6. The number of hydrogen-bond donors (Lipinski definition) is 2. The van der Waals surface area contributed by atoms with Gasteiger partial charge in [-0.3, -0.25) is 4.79 Å². The first-order valence-corrected chi connectivity index (χ1v) is 14.1. The Hall–Kier alpha value is -4.22. The second-order valence-electron chi connectivity index (χ2n) is 11.5. The molecule has 9 heteroatoms. The van der Waals surface area contributed by atoms with Gasteiger partial charge in [-0.05, 0) is 94.1 Å². The van der Waals surface area contributed by atoms with E-state index >= 15 is 0 Å². The third-order valence-electron chi connectivity index (χ3n) is 7.15. The lowest BCUT2D eigenvalue weighted by Gasteiger charge is -2.33. The summed E-state index contributed by atoms with van der Waals surface area (Å²) in [5.41, 5.74) is 3.93. The van der Waals surface area contributed by atoms with Crippen LogP contribution in [0.3, 0.4) is 0 Å². The number of likely N-dealkylation sites (tertiary alicyclic amines) is 1. The SMILES string of the molecule is CC(C)(C)OC(=O)N1CCC(CNC(=O)c2ccc(Cc3cc(Cl)cc4cc(-c5ccc(C#N)cc5)oc34)[nH]2)CC1. The van der Waals surface area contributed by atoms with Crippen LogP contribution in [0.25, 0.3) is 22.3 Å². The number of amides is 2. The summed E-state index contributed by atoms with van der Waals surface area (Å²) in [4.78, 5) is 30.1. The number of nitriles is 1. The number of furan rings is 1. The Balaban J connectivity index is 1.19. The molecule has 0 bridgehead atoms. The number of carbonyl (C=O) groups is 2. The van der Waals surface area contributed by atoms with Crippen molar-refractivity contribution in [3.05, 3.63) is 82.1 Å². The van der Waals surface area contributed by atoms with Gasteiger partial charge in [0.05, 0.1) is 11.6 Å². The van der Waals surface area contributed by atoms with E-state index in [-0.39, 0.29) is 12.0 Å². The van der Waals surface area contributed by atoms with E-state index in [1.165, 1.54) is 0 Å². The number of carbonyl (C=O) groups excluding carboxylic acids is 2. The number of ether oxygens (including phenoxy) is 1. The van der Waals surface area contributed by atoms with E-state index in [0.29, 0.717) is 54.0 Å². The number of aromatic nitrogens is 1. The summed E-state index contributed by atoms with van der Waals surface area (Å²) in [7, 11) is 0. The largest absolute Gasteiger partial charge is 0.456 e. The maximum atomic E-state index is 12.9. The molecule has 0 atom stereocenters. The van der Waals surface area contributed by atoms with Gasteiger partial charge in [-0.2, -0.15) is 5.26 Å². The summed E-state index contributed by atoms with van der Waals surface area (Å²) >= 11 is 6.43. The standard InChI is InChI=1S/C32H33ClN4O4/c1-32(2,3)41-31(39)37-12-10-21(11-13-37)19-35-30(38)27-9-8-26(36-27)16-23-14-25(33)15-24-17-28(40-29(23)24)22-6-4-20(18-34)5-7-22/h4-9,14-15,17,21,36H,10-13,16,19H2,1-3H3,(H,35,38). The fourth-order valence-corrected chi connectivity index (χ4v) is 5.28. The van der Waals surface area contributed by atoms with Gasteiger partial charge in [0.1, 0.15) is 22.6 Å². The number of hydrogen-bond acceptors (Lipinski definition) is 5. The first-order valence-electron chi connectivity index (χ1n) is 13.7. The summed E-state index contributed by atoms with van der Waals surface area (Å²) in [6.45, 7) is 7.38. The van der Waals surface area contributed by atoms with Crippen molar-refractivity contribution < 1.29 is 18.7 Å². The molecule has 1 aliphatic heterocycles. The van der Waals surface area contributed by atoms with Gasteiger partial charge in [-0.25, -0.2) is 4.79 Å². The van der Waals surface area contributed by atoms with E-state index in [0.717, 1.165) is 40.6 Å². The highest BCUT2D eigenvalue weighted by Crippen LogP contribution is 2.33. The molecule has 1 fully saturated rings. The Morgan fingerprint density at radius 3 is 2.54 bits per heavy atom. The quantitative estimate of drug-likeness (QED) is 0.260. The van der Waals surface area contributed by atoms with Crippen LogP contribution in [-0.2, 0) is 11.2 Å². The highest BCUT2D eigenvalue weighted by Gasteiger charge is 2.27. The number of nitrogens with one attached hydrogen (secondary N) is 2. The second-order valence-corrected chi connectivity index (χ2v) is 11.9. The van der Waals surface area contributed by atoms with Gasteiger partial charge in [-0.15, -0.1) is 0 Å². The van der Waals surface area contributed by atoms with Crippen molar-refractivity contribution in [3.8, 4) is 17.4 Å². The molecule has 0 spiro atoms. The fraction of sp³-hybridized carbons (Fsp3) is 0.344. The normalized spacial score (nSPS) is 14.2. The van der Waals surface area contributed by atoms with Crippen molar-refractivity contribution in [1.29, 1.82) is 5.26 Å². The van der Waals surface area contributed by atoms with E-state index in [1.807, 2.05) is 57.2 Å². The smallest absolute Gasteiger partial charge is 0.410 e. The minimum Gasteiger partial charge on any atom is -0.456 e. The van der Waals surface area contributed by atoms with Gasteiger partial charge in [0, 0.05) is 53.3 Å². The minimum absolute atomic E-state index is 0.164. The lowest BCUT2D eigenvalue weighted by molar-refractivity contribution is 0.0183. The number of nitrogens with zero attached hydrogens (tertiary/aromatic N) is 2. The summed E-state index contributed by atoms with van der Waals surface area (Å²) in [6, 6.07) is 18.7. The van der Waals surface area contributed by atoms with Crippen LogP contribution in [0.1, 0.15) is 60.9 Å². The molecule has 1 saturated heterocycles. The number of rotatable bonds is 6. The van der Waals surface area contributed by atoms with Crippen LogP contribution in [0.5, 0.6) is 0 Å². The lowest BCUT2D eigenvalue weighted by atomic mass is 9.97. The van der Waals surface area contributed by atoms with E-state index in [1.54, 1.807) is 23.1 Å². The van der Waals surface area contributed by atoms with Crippen LogP contribution >= 0.6 is 11.6 Å². The third kappa shape index (κ3) is 6.93. The van der Waals surface area contributed by atoms with Crippen molar-refractivity contribution in [1.82, 2.24) is 15.2 Å². The van der Waals surface area contributed by atoms with Gasteiger partial charge < -0.3 is 24.4 Å². The zero-order chi connectivity index (χ0) is 29.1. The molecule has 0 unspecified atom stereocenters. The van der Waals surface area contributed by atoms with Crippen LogP contribution < -0.4 is 5.32 Å². The van der Waals surface area contributed by atoms with Crippen LogP contribution in [0, 0.1) is 17.2 Å². The Morgan fingerprint density at radius 2 is 1.85 bits per heavy atom. The van der Waals surface area contributed by atoms with Crippen LogP contribution in [0.2, 0.25) is 5.02 Å². The zero-order valence-corrected chi connectivity index (χ0v) is 24.2. The molecule has 1 aliphatic rings. The van der Waals surface area contributed by atoms with Gasteiger partial charge in [-0.1, -0.05) is 11.6 Å². The molecule has 2 aromatic heterocycles. The second kappa shape index (κ2) is 11.7. The Morgan fingerprint density at radius 1 is 1.12 bits per heavy atom. The molecular weight excluding hydrogens is 540 g/mol. The Labute approximate surface area is 244 Å². The molecule has 0 saturated carbocycles. The molecule has 0 radical (unpaired) electrons. The van der Waals surface area contributed by atoms with Gasteiger partial charge in [0.25, 0.3) is 5.91 Å². The van der Waals surface area contributed by atoms with Crippen molar-refractivity contribution in [2.24, 2.45) is 5.92 Å². The number of halogens is 1. The third-order valence-corrected chi connectivity index (χ3v) is 7.36. The fourth-order valence-electron chi connectivity index (χ4n) is 5.03. The molecule has 41 heavy (non-hydrogen) atoms. The first kappa shape index (κ1) is 28.3. The average Bonchev–Trinajstić information content (AvgIpc) is 3.58. The molecule has 8 nitrogen and oxygen atoms in total. The van der Waals surface area contributed by atoms with Gasteiger partial charge >= 0.3 is 6.09 Å². The van der Waals surface area contributed by atoms with E-state index in [4.69, 9.17) is 26.0 Å². The lowest BCUT2D eigenvalue weighted by Crippen LogP contribution is -2.43. The molecule has 3 heterocycles. The Kier molecular flexibility index (Phi) is 8.09. The molecule has 0 aliphatic carbocycles. The molecule has 2 aromatic carbocycles. The minimum atomic E-state index is -0.511. The molecule has 2 amide bonds. The van der Waals surface area contributed by atoms with Crippen molar-refractivity contribution >= 4 is 34.6 Å². The number of benzene rings is 2. The van der Waals surface area contributed by atoms with Crippen molar-refractivity contribution in [2.75, 3.05) is 19.6 Å². The van der Waals surface area contributed by atoms with Crippen molar-refractivity contribution in [3.63, 3.8) is 0 Å². The van der Waals surface area contributed by atoms with Crippen LogP contribution in [-0.4, -0.2) is 47.1 Å². The van der Waals surface area contributed by atoms with Crippen LogP contribution in [0.15, 0.2) is 59.0 Å². The number of piperidine rings is 1. The number of aromatic amines is 1. The highest BCUT2D eigenvalue weighted by molar-refractivity contribution is 6.31. The summed E-state index contributed by atoms with van der Waals surface area (Å²) in [5.74, 6) is 0.829. The van der Waals surface area contributed by atoms with Crippen LogP contribution in [0.4, 0.5) is 4.79 Å². The van der Waals surface area contributed by atoms with Gasteiger partial charge in [0.15, 0.2) is 0 Å². The van der Waals surface area contributed by atoms with E-state index in [9.17, 15) is 9.59 Å². The summed E-state index contributed by atoms with van der Waals surface area (Å²) < 4.78 is 11.7. The summed E-state index contributed by atoms with van der Waals surface area (Å²) in [6.07, 6.45) is 1.85. The molecular formula is C32H33ClN4O4. The highest BCUT2D eigenvalue weighted by atomic mass is 35.5. The molecule has 5 rings (SSSR count). The maximum Gasteiger partial charge on any atom is 0.410 e. The maximum absolute atomic E-state index is 12.9. The Bertz CT molecular complexity index is 1600. The average molecular weight is 573 g/mol. The predicted octanol–water partition coefficient (Wildman–Crippen LogP) is 6.92. The van der Waals surface area contributed by atoms with E-state index < -0.39 is 5.60 Å². The van der Waals surface area contributed by atoms with E-state index in [2.05, 4.69) is 16.4 Å². The molecule has 212 valence electrons. The topological polar surface area (TPSA) is 111 Å². The molecule has 2 N–H and O–H groups in total. The zero-order valence-electron chi connectivity index (χ0n) is 23.4. The van der Waals surface area contributed by atoms with Crippen molar-refractivity contribution in [2.45, 2.75) is 45.6 Å². The predicted molar refractivity (Wildman–Crippen MR) is 158 cm³/mol. The first-order chi connectivity index (χ1) is 19.6. The number of fused-ring (bicyclic) bond motifs is 1.